The summed E-state index contributed by atoms with van der Waals surface area (Å²) in [6, 6.07) is 2.85. The number of hydrogen-bond acceptors (Lipinski definition) is 2. The first-order valence-electron chi connectivity index (χ1n) is 4.72. The van der Waals surface area contributed by atoms with Crippen LogP contribution in [0.25, 0.3) is 0 Å². The second kappa shape index (κ2) is 3.70. The number of alkyl halides is 1. The van der Waals surface area contributed by atoms with Crippen molar-refractivity contribution in [3.8, 4) is 0 Å². The van der Waals surface area contributed by atoms with Crippen molar-refractivity contribution >= 4 is 17.5 Å². The van der Waals surface area contributed by atoms with Crippen LogP contribution in [0.15, 0.2) is 23.1 Å². The van der Waals surface area contributed by atoms with E-state index in [2.05, 4.69) is 10.3 Å². The SMILES string of the molecule is O=C(NC1(CCl)CC1)c1cc[nH]c(=O)c1. The summed E-state index contributed by atoms with van der Waals surface area (Å²) in [7, 11) is 0. The molecule has 0 bridgehead atoms. The van der Waals surface area contributed by atoms with E-state index in [0.717, 1.165) is 12.8 Å². The van der Waals surface area contributed by atoms with Crippen molar-refractivity contribution in [3.63, 3.8) is 0 Å². The minimum atomic E-state index is -0.279. The number of H-pyrrole nitrogens is 1. The van der Waals surface area contributed by atoms with Crippen LogP contribution in [0.4, 0.5) is 0 Å². The molecule has 1 aromatic heterocycles. The standard InChI is InChI=1S/C10H11ClN2O2/c11-6-10(2-3-10)13-9(15)7-1-4-12-8(14)5-7/h1,4-5H,2-3,6H2,(H,12,14)(H,13,15). The topological polar surface area (TPSA) is 62.0 Å². The zero-order valence-corrected chi connectivity index (χ0v) is 8.80. The van der Waals surface area contributed by atoms with Crippen molar-refractivity contribution in [1.82, 2.24) is 10.3 Å². The molecule has 15 heavy (non-hydrogen) atoms. The molecule has 1 aromatic rings. The lowest BCUT2D eigenvalue weighted by Crippen LogP contribution is -2.38. The molecule has 1 aliphatic rings. The van der Waals surface area contributed by atoms with Gasteiger partial charge in [0.25, 0.3) is 5.91 Å². The van der Waals surface area contributed by atoms with Crippen molar-refractivity contribution in [3.05, 3.63) is 34.2 Å². The zero-order valence-electron chi connectivity index (χ0n) is 8.05. The summed E-state index contributed by atoms with van der Waals surface area (Å²) in [6.45, 7) is 0. The molecule has 2 N–H and O–H groups in total. The number of rotatable bonds is 3. The molecule has 2 rings (SSSR count). The number of carbonyl (C=O) groups is 1. The van der Waals surface area contributed by atoms with E-state index in [1.165, 1.54) is 12.3 Å². The number of amides is 1. The predicted molar refractivity (Wildman–Crippen MR) is 57.2 cm³/mol. The van der Waals surface area contributed by atoms with Gasteiger partial charge in [-0.25, -0.2) is 0 Å². The first kappa shape index (κ1) is 10.2. The molecule has 0 atom stereocenters. The van der Waals surface area contributed by atoms with E-state index in [1.807, 2.05) is 0 Å². The molecule has 0 unspecified atom stereocenters. The molecule has 0 aromatic carbocycles. The van der Waals surface area contributed by atoms with Crippen LogP contribution < -0.4 is 10.9 Å². The Labute approximate surface area is 91.6 Å². The number of pyridine rings is 1. The summed E-state index contributed by atoms with van der Waals surface area (Å²) in [5.74, 6) is 0.182. The number of aromatic amines is 1. The third kappa shape index (κ3) is 2.21. The predicted octanol–water partition coefficient (Wildman–Crippen LogP) is 0.876. The maximum atomic E-state index is 11.7. The van der Waals surface area contributed by atoms with E-state index in [0.29, 0.717) is 11.4 Å². The second-order valence-corrected chi connectivity index (χ2v) is 4.08. The molecule has 0 radical (unpaired) electrons. The Morgan fingerprint density at radius 2 is 2.33 bits per heavy atom. The fraction of sp³-hybridized carbons (Fsp3) is 0.400. The molecule has 80 valence electrons. The maximum Gasteiger partial charge on any atom is 0.252 e. The van der Waals surface area contributed by atoms with Gasteiger partial charge in [-0.05, 0) is 18.9 Å². The number of halogens is 1. The zero-order chi connectivity index (χ0) is 10.9. The summed E-state index contributed by atoms with van der Waals surface area (Å²) in [6.07, 6.45) is 3.27. The number of hydrogen-bond donors (Lipinski definition) is 2. The Balaban J connectivity index is 2.12. The monoisotopic (exact) mass is 226 g/mol. The van der Waals surface area contributed by atoms with E-state index < -0.39 is 0 Å². The molecular weight excluding hydrogens is 216 g/mol. The van der Waals surface area contributed by atoms with Gasteiger partial charge < -0.3 is 10.3 Å². The normalized spacial score (nSPS) is 17.1. The van der Waals surface area contributed by atoms with Crippen LogP contribution in [0, 0.1) is 0 Å². The average Bonchev–Trinajstić information content (AvgIpc) is 2.98. The van der Waals surface area contributed by atoms with Gasteiger partial charge in [0.05, 0.1) is 5.54 Å². The lowest BCUT2D eigenvalue weighted by atomic mass is 10.2. The van der Waals surface area contributed by atoms with E-state index >= 15 is 0 Å². The van der Waals surface area contributed by atoms with Crippen LogP contribution in [0.1, 0.15) is 23.2 Å². The number of nitrogens with one attached hydrogen (secondary N) is 2. The molecule has 0 aliphatic heterocycles. The molecule has 1 heterocycles. The minimum Gasteiger partial charge on any atom is -0.345 e. The fourth-order valence-corrected chi connectivity index (χ4v) is 1.68. The first-order valence-corrected chi connectivity index (χ1v) is 5.26. The number of aromatic nitrogens is 1. The highest BCUT2D eigenvalue weighted by atomic mass is 35.5. The Morgan fingerprint density at radius 1 is 1.60 bits per heavy atom. The maximum absolute atomic E-state index is 11.7. The minimum absolute atomic E-state index is 0.235. The van der Waals surface area contributed by atoms with Crippen molar-refractivity contribution in [2.75, 3.05) is 5.88 Å². The summed E-state index contributed by atoms with van der Waals surface area (Å²) >= 11 is 5.74. The lowest BCUT2D eigenvalue weighted by Gasteiger charge is -2.13. The average molecular weight is 227 g/mol. The smallest absolute Gasteiger partial charge is 0.252 e. The van der Waals surface area contributed by atoms with E-state index in [1.54, 1.807) is 6.07 Å². The first-order chi connectivity index (χ1) is 7.15. The third-order valence-electron chi connectivity index (χ3n) is 2.53. The fourth-order valence-electron chi connectivity index (χ4n) is 1.34. The summed E-state index contributed by atoms with van der Waals surface area (Å²) in [5.41, 5.74) is -0.144. The molecular formula is C10H11ClN2O2. The molecule has 1 aliphatic carbocycles. The summed E-state index contributed by atoms with van der Waals surface area (Å²) in [4.78, 5) is 25.1. The van der Waals surface area contributed by atoms with Crippen molar-refractivity contribution in [2.24, 2.45) is 0 Å². The van der Waals surface area contributed by atoms with Crippen LogP contribution >= 0.6 is 11.6 Å². The molecule has 0 saturated heterocycles. The van der Waals surface area contributed by atoms with Gasteiger partial charge in [0.2, 0.25) is 5.56 Å². The Morgan fingerprint density at radius 3 is 2.87 bits per heavy atom. The highest BCUT2D eigenvalue weighted by Gasteiger charge is 2.43. The summed E-state index contributed by atoms with van der Waals surface area (Å²) in [5, 5.41) is 2.84. The molecule has 0 spiro atoms. The van der Waals surface area contributed by atoms with Crippen LogP contribution in [-0.4, -0.2) is 22.3 Å². The molecule has 1 saturated carbocycles. The molecule has 1 fully saturated rings. The summed E-state index contributed by atoms with van der Waals surface area (Å²) < 4.78 is 0. The molecule has 1 amide bonds. The lowest BCUT2D eigenvalue weighted by molar-refractivity contribution is 0.0936. The highest BCUT2D eigenvalue weighted by Crippen LogP contribution is 2.36. The highest BCUT2D eigenvalue weighted by molar-refractivity contribution is 6.19. The quantitative estimate of drug-likeness (QED) is 0.752. The van der Waals surface area contributed by atoms with Gasteiger partial charge in [-0.2, -0.15) is 0 Å². The third-order valence-corrected chi connectivity index (χ3v) is 3.04. The van der Waals surface area contributed by atoms with Gasteiger partial charge in [-0.3, -0.25) is 9.59 Å². The van der Waals surface area contributed by atoms with Crippen molar-refractivity contribution in [2.45, 2.75) is 18.4 Å². The van der Waals surface area contributed by atoms with Crippen LogP contribution in [0.2, 0.25) is 0 Å². The van der Waals surface area contributed by atoms with Crippen molar-refractivity contribution < 1.29 is 4.79 Å². The van der Waals surface area contributed by atoms with E-state index in [-0.39, 0.29) is 17.0 Å². The Kier molecular flexibility index (Phi) is 2.52. The van der Waals surface area contributed by atoms with Crippen LogP contribution in [0.5, 0.6) is 0 Å². The van der Waals surface area contributed by atoms with Gasteiger partial charge >= 0.3 is 0 Å². The van der Waals surface area contributed by atoms with Gasteiger partial charge in [0, 0.05) is 23.7 Å². The largest absolute Gasteiger partial charge is 0.345 e. The van der Waals surface area contributed by atoms with Crippen molar-refractivity contribution in [1.29, 1.82) is 0 Å². The Bertz CT molecular complexity index is 437. The van der Waals surface area contributed by atoms with Gasteiger partial charge in [0.1, 0.15) is 0 Å². The van der Waals surface area contributed by atoms with Crippen LogP contribution in [-0.2, 0) is 0 Å². The van der Waals surface area contributed by atoms with Gasteiger partial charge in [0.15, 0.2) is 0 Å². The number of carbonyl (C=O) groups excluding carboxylic acids is 1. The Hall–Kier alpha value is -1.29. The molecule has 5 heteroatoms. The van der Waals surface area contributed by atoms with Gasteiger partial charge in [-0.15, -0.1) is 11.6 Å². The van der Waals surface area contributed by atoms with Gasteiger partial charge in [-0.1, -0.05) is 0 Å². The second-order valence-electron chi connectivity index (χ2n) is 3.81. The van der Waals surface area contributed by atoms with E-state index in [4.69, 9.17) is 11.6 Å². The van der Waals surface area contributed by atoms with Crippen LogP contribution in [0.3, 0.4) is 0 Å². The molecule has 4 nitrogen and oxygen atoms in total. The van der Waals surface area contributed by atoms with E-state index in [9.17, 15) is 9.59 Å².